The van der Waals surface area contributed by atoms with E-state index in [9.17, 15) is 13.6 Å². The summed E-state index contributed by atoms with van der Waals surface area (Å²) in [5.41, 5.74) is 3.46. The maximum absolute atomic E-state index is 14.1. The molecule has 0 saturated heterocycles. The van der Waals surface area contributed by atoms with E-state index in [1.54, 1.807) is 26.0 Å². The fraction of sp³-hybridized carbons (Fsp3) is 0.240. The van der Waals surface area contributed by atoms with E-state index >= 15 is 0 Å². The van der Waals surface area contributed by atoms with E-state index in [1.165, 1.54) is 24.4 Å². The third-order valence-corrected chi connectivity index (χ3v) is 5.15. The molecule has 1 unspecified atom stereocenters. The Morgan fingerprint density at radius 1 is 1.03 bits per heavy atom. The Kier molecular flexibility index (Phi) is 5.89. The van der Waals surface area contributed by atoms with Crippen LogP contribution in [0.3, 0.4) is 0 Å². The number of esters is 1. The molecule has 6 heteroatoms. The van der Waals surface area contributed by atoms with E-state index in [1.807, 2.05) is 24.3 Å². The van der Waals surface area contributed by atoms with Crippen molar-refractivity contribution in [3.8, 4) is 11.3 Å². The molecule has 4 rings (SSSR count). The van der Waals surface area contributed by atoms with Crippen LogP contribution in [0, 0.1) is 11.6 Å². The van der Waals surface area contributed by atoms with Crippen molar-refractivity contribution in [1.29, 1.82) is 0 Å². The second kappa shape index (κ2) is 8.76. The smallest absolute Gasteiger partial charge is 0.339 e. The molecule has 0 spiro atoms. The Morgan fingerprint density at radius 2 is 1.74 bits per heavy atom. The summed E-state index contributed by atoms with van der Waals surface area (Å²) in [4.78, 5) is 20.9. The highest BCUT2D eigenvalue weighted by atomic mass is 19.1. The molecule has 1 atom stereocenters. The van der Waals surface area contributed by atoms with Crippen LogP contribution >= 0.6 is 0 Å². The summed E-state index contributed by atoms with van der Waals surface area (Å²) in [5, 5.41) is 0. The summed E-state index contributed by atoms with van der Waals surface area (Å²) in [5.74, 6) is -1.56. The minimum atomic E-state index is -0.582. The number of aromatic nitrogens is 1. The van der Waals surface area contributed by atoms with Gasteiger partial charge in [-0.1, -0.05) is 30.3 Å². The van der Waals surface area contributed by atoms with E-state index in [4.69, 9.17) is 4.74 Å². The van der Waals surface area contributed by atoms with E-state index in [0.717, 1.165) is 16.8 Å². The Morgan fingerprint density at radius 3 is 2.35 bits per heavy atom. The first-order chi connectivity index (χ1) is 14.9. The van der Waals surface area contributed by atoms with E-state index in [2.05, 4.69) is 9.98 Å². The number of halogens is 2. The number of benzene rings is 2. The summed E-state index contributed by atoms with van der Waals surface area (Å²) in [6, 6.07) is 15.0. The van der Waals surface area contributed by atoms with Gasteiger partial charge in [0.15, 0.2) is 0 Å². The fourth-order valence-corrected chi connectivity index (χ4v) is 3.64. The van der Waals surface area contributed by atoms with Gasteiger partial charge in [-0.2, -0.15) is 0 Å². The molecule has 0 N–H and O–H groups in total. The lowest BCUT2D eigenvalue weighted by atomic mass is 10.0. The molecule has 0 bridgehead atoms. The maximum Gasteiger partial charge on any atom is 0.339 e. The zero-order valence-electron chi connectivity index (χ0n) is 17.3. The minimum Gasteiger partial charge on any atom is -0.459 e. The molecule has 158 valence electrons. The molecular weight excluding hydrogens is 398 g/mol. The molecule has 0 fully saturated rings. The second-order valence-electron chi connectivity index (χ2n) is 7.74. The normalized spacial score (nSPS) is 15.8. The number of ether oxygens (including phenoxy) is 1. The maximum atomic E-state index is 14.1. The third kappa shape index (κ3) is 4.53. The zero-order valence-corrected chi connectivity index (χ0v) is 17.3. The molecule has 0 aliphatic carbocycles. The van der Waals surface area contributed by atoms with Gasteiger partial charge in [0.05, 0.1) is 29.0 Å². The highest BCUT2D eigenvalue weighted by Crippen LogP contribution is 2.33. The number of pyridine rings is 1. The minimum absolute atomic E-state index is 0.0260. The first kappa shape index (κ1) is 20.8. The van der Waals surface area contributed by atoms with Gasteiger partial charge < -0.3 is 4.74 Å². The van der Waals surface area contributed by atoms with Gasteiger partial charge in [-0.3, -0.25) is 9.98 Å². The van der Waals surface area contributed by atoms with Crippen LogP contribution < -0.4 is 0 Å². The lowest BCUT2D eigenvalue weighted by Crippen LogP contribution is -2.11. The van der Waals surface area contributed by atoms with Crippen LogP contribution in [0.1, 0.15) is 54.2 Å². The molecule has 2 heterocycles. The van der Waals surface area contributed by atoms with Gasteiger partial charge in [0.25, 0.3) is 0 Å². The van der Waals surface area contributed by atoms with Gasteiger partial charge >= 0.3 is 5.97 Å². The van der Waals surface area contributed by atoms with E-state index in [-0.39, 0.29) is 17.7 Å². The van der Waals surface area contributed by atoms with Crippen LogP contribution in [-0.4, -0.2) is 22.8 Å². The van der Waals surface area contributed by atoms with Crippen LogP contribution in [0.4, 0.5) is 8.78 Å². The molecule has 3 aromatic rings. The molecule has 1 aromatic heterocycles. The summed E-state index contributed by atoms with van der Waals surface area (Å²) < 4.78 is 33.3. The van der Waals surface area contributed by atoms with Crippen molar-refractivity contribution < 1.29 is 18.3 Å². The first-order valence-electron chi connectivity index (χ1n) is 10.2. The molecule has 2 aromatic carbocycles. The molecule has 0 saturated carbocycles. The van der Waals surface area contributed by atoms with Crippen molar-refractivity contribution in [2.45, 2.75) is 38.8 Å². The van der Waals surface area contributed by atoms with E-state index in [0.29, 0.717) is 24.1 Å². The monoisotopic (exact) mass is 420 g/mol. The lowest BCUT2D eigenvalue weighted by Gasteiger charge is -2.09. The van der Waals surface area contributed by atoms with Crippen molar-refractivity contribution in [1.82, 2.24) is 4.98 Å². The Bertz CT molecular complexity index is 1100. The van der Waals surface area contributed by atoms with E-state index < -0.39 is 17.6 Å². The highest BCUT2D eigenvalue weighted by molar-refractivity contribution is 6.02. The average molecular weight is 420 g/mol. The van der Waals surface area contributed by atoms with Crippen molar-refractivity contribution in [2.24, 2.45) is 4.99 Å². The number of aliphatic imine (C=N–C) groups is 1. The number of carbonyl (C=O) groups excluding carboxylic acids is 1. The summed E-state index contributed by atoms with van der Waals surface area (Å²) >= 11 is 0. The highest BCUT2D eigenvalue weighted by Gasteiger charge is 2.24. The van der Waals surface area contributed by atoms with Crippen LogP contribution in [0.2, 0.25) is 0 Å². The molecule has 0 radical (unpaired) electrons. The summed E-state index contributed by atoms with van der Waals surface area (Å²) in [6.45, 7) is 3.59. The molecule has 4 nitrogen and oxygen atoms in total. The standard InChI is InChI=1S/C25H22F2N2O2/c1-15(2)31-25(30)18-10-11-21(28-14-18)16-6-8-17(9-7-16)22-12-13-23(29-22)24-19(26)4-3-5-20(24)27/h3-11,14-15,22H,12-13H2,1-2H3. The number of hydrogen-bond acceptors (Lipinski definition) is 4. The van der Waals surface area contributed by atoms with Gasteiger partial charge in [0.2, 0.25) is 0 Å². The van der Waals surface area contributed by atoms with Crippen LogP contribution in [0.25, 0.3) is 11.3 Å². The topological polar surface area (TPSA) is 51.5 Å². The Labute approximate surface area is 179 Å². The van der Waals surface area contributed by atoms with Gasteiger partial charge in [-0.05, 0) is 56.5 Å². The molecular formula is C25H22F2N2O2. The lowest BCUT2D eigenvalue weighted by molar-refractivity contribution is 0.0377. The third-order valence-electron chi connectivity index (χ3n) is 5.15. The molecule has 1 aliphatic heterocycles. The number of carbonyl (C=O) groups is 1. The van der Waals surface area contributed by atoms with Crippen molar-refractivity contribution >= 4 is 11.7 Å². The summed E-state index contributed by atoms with van der Waals surface area (Å²) in [6.07, 6.45) is 2.55. The number of nitrogens with zero attached hydrogens (tertiary/aromatic N) is 2. The molecule has 1 aliphatic rings. The molecule has 31 heavy (non-hydrogen) atoms. The fourth-order valence-electron chi connectivity index (χ4n) is 3.64. The van der Waals surface area contributed by atoms with Gasteiger partial charge in [0.1, 0.15) is 11.6 Å². The van der Waals surface area contributed by atoms with Gasteiger partial charge in [0, 0.05) is 17.5 Å². The number of hydrogen-bond donors (Lipinski definition) is 0. The van der Waals surface area contributed by atoms with Crippen LogP contribution in [0.15, 0.2) is 65.8 Å². The zero-order chi connectivity index (χ0) is 22.0. The average Bonchev–Trinajstić information content (AvgIpc) is 3.23. The first-order valence-corrected chi connectivity index (χ1v) is 10.2. The largest absolute Gasteiger partial charge is 0.459 e. The van der Waals surface area contributed by atoms with Gasteiger partial charge in [-0.25, -0.2) is 13.6 Å². The molecule has 0 amide bonds. The van der Waals surface area contributed by atoms with Crippen LogP contribution in [0.5, 0.6) is 0 Å². The SMILES string of the molecule is CC(C)OC(=O)c1ccc(-c2ccc(C3CCC(c4c(F)cccc4F)=N3)cc2)nc1. The quantitative estimate of drug-likeness (QED) is 0.482. The second-order valence-corrected chi connectivity index (χ2v) is 7.74. The van der Waals surface area contributed by atoms with Crippen LogP contribution in [-0.2, 0) is 4.74 Å². The van der Waals surface area contributed by atoms with Crippen molar-refractivity contribution in [3.05, 3.63) is 89.1 Å². The van der Waals surface area contributed by atoms with Crippen molar-refractivity contribution in [3.63, 3.8) is 0 Å². The number of rotatable bonds is 5. The Balaban J connectivity index is 1.50. The van der Waals surface area contributed by atoms with Gasteiger partial charge in [-0.15, -0.1) is 0 Å². The Hall–Kier alpha value is -3.41. The summed E-state index contributed by atoms with van der Waals surface area (Å²) in [7, 11) is 0. The predicted octanol–water partition coefficient (Wildman–Crippen LogP) is 5.92. The predicted molar refractivity (Wildman–Crippen MR) is 115 cm³/mol. The van der Waals surface area contributed by atoms with Crippen molar-refractivity contribution in [2.75, 3.05) is 0 Å².